The van der Waals surface area contributed by atoms with E-state index in [2.05, 4.69) is 45.3 Å². The molecule has 0 spiro atoms. The molecular formula is C29H43BN2O6. The first-order valence-electron chi connectivity index (χ1n) is 14.0. The predicted octanol–water partition coefficient (Wildman–Crippen LogP) is 3.81. The van der Waals surface area contributed by atoms with Crippen LogP contribution in [-0.2, 0) is 35.0 Å². The minimum Gasteiger partial charge on any atom is -0.461 e. The Morgan fingerprint density at radius 1 is 1.11 bits per heavy atom. The van der Waals surface area contributed by atoms with Crippen LogP contribution in [0.2, 0.25) is 0 Å². The molecule has 5 rings (SSSR count). The normalized spacial score (nSPS) is 28.6. The van der Waals surface area contributed by atoms with E-state index in [9.17, 15) is 14.4 Å². The van der Waals surface area contributed by atoms with Gasteiger partial charge in [0.25, 0.3) is 0 Å². The Hall–Kier alpha value is -2.39. The van der Waals surface area contributed by atoms with Crippen molar-refractivity contribution in [2.75, 3.05) is 0 Å². The lowest BCUT2D eigenvalue weighted by molar-refractivity contribution is -0.199. The molecule has 1 aromatic rings. The van der Waals surface area contributed by atoms with Crippen molar-refractivity contribution in [3.63, 3.8) is 0 Å². The zero-order valence-corrected chi connectivity index (χ0v) is 23.6. The smallest absolute Gasteiger partial charge is 0.461 e. The molecule has 1 saturated heterocycles. The highest BCUT2D eigenvalue weighted by Crippen LogP contribution is 2.65. The number of carbonyl (C=O) groups excluding carboxylic acids is 3. The van der Waals surface area contributed by atoms with Gasteiger partial charge in [-0.05, 0) is 61.3 Å². The Labute approximate surface area is 227 Å². The van der Waals surface area contributed by atoms with Crippen LogP contribution in [0, 0.1) is 23.2 Å². The third-order valence-corrected chi connectivity index (χ3v) is 8.92. The fourth-order valence-electron chi connectivity index (χ4n) is 6.69. The van der Waals surface area contributed by atoms with E-state index in [1.807, 2.05) is 30.3 Å². The zero-order chi connectivity index (χ0) is 27.7. The monoisotopic (exact) mass is 526 g/mol. The summed E-state index contributed by atoms with van der Waals surface area (Å²) in [5.74, 6) is -0.121. The molecule has 2 amide bonds. The Balaban J connectivity index is 1.37. The lowest BCUT2D eigenvalue weighted by atomic mass is 9.43. The van der Waals surface area contributed by atoms with Crippen LogP contribution in [0.4, 0.5) is 0 Å². The van der Waals surface area contributed by atoms with Crippen molar-refractivity contribution < 1.29 is 28.4 Å². The average molecular weight is 526 g/mol. The first kappa shape index (κ1) is 28.6. The van der Waals surface area contributed by atoms with Crippen LogP contribution in [0.15, 0.2) is 30.3 Å². The third-order valence-electron chi connectivity index (χ3n) is 8.92. The quantitative estimate of drug-likeness (QED) is 0.336. The van der Waals surface area contributed by atoms with Crippen molar-refractivity contribution in [3.05, 3.63) is 35.9 Å². The maximum Gasteiger partial charge on any atom is 0.481 e. The molecule has 2 N–H and O–H groups in total. The molecule has 4 aliphatic rings. The second-order valence-corrected chi connectivity index (χ2v) is 12.5. The van der Waals surface area contributed by atoms with Gasteiger partial charge in [0.15, 0.2) is 0 Å². The molecule has 3 aliphatic carbocycles. The number of ether oxygens (including phenoxy) is 1. The van der Waals surface area contributed by atoms with Crippen LogP contribution < -0.4 is 10.6 Å². The minimum atomic E-state index is -0.863. The molecule has 1 heterocycles. The fraction of sp³-hybridized carbons (Fsp3) is 0.690. The van der Waals surface area contributed by atoms with Crippen LogP contribution in [-0.4, -0.2) is 48.6 Å². The lowest BCUT2D eigenvalue weighted by Gasteiger charge is -2.64. The van der Waals surface area contributed by atoms with Crippen LogP contribution >= 0.6 is 0 Å². The first-order valence-corrected chi connectivity index (χ1v) is 14.0. The molecule has 1 aromatic carbocycles. The number of rotatable bonds is 11. The highest BCUT2D eigenvalue weighted by Gasteiger charge is 2.68. The molecule has 38 heavy (non-hydrogen) atoms. The van der Waals surface area contributed by atoms with Crippen molar-refractivity contribution >= 4 is 24.9 Å². The lowest BCUT2D eigenvalue weighted by Crippen LogP contribution is -2.65. The van der Waals surface area contributed by atoms with E-state index in [4.69, 9.17) is 14.0 Å². The van der Waals surface area contributed by atoms with Gasteiger partial charge < -0.3 is 24.7 Å². The topological polar surface area (TPSA) is 103 Å². The van der Waals surface area contributed by atoms with Crippen LogP contribution in [0.3, 0.4) is 0 Å². The number of esters is 1. The molecule has 1 aliphatic heterocycles. The number of carbonyl (C=O) groups is 3. The summed E-state index contributed by atoms with van der Waals surface area (Å²) in [6.07, 6.45) is 2.96. The largest absolute Gasteiger partial charge is 0.481 e. The Bertz CT molecular complexity index is 1020. The molecule has 208 valence electrons. The van der Waals surface area contributed by atoms with Gasteiger partial charge >= 0.3 is 13.1 Å². The predicted molar refractivity (Wildman–Crippen MR) is 145 cm³/mol. The second kappa shape index (κ2) is 11.4. The second-order valence-electron chi connectivity index (χ2n) is 12.5. The molecular weight excluding hydrogens is 483 g/mol. The number of nitrogens with one attached hydrogen (secondary N) is 2. The third kappa shape index (κ3) is 6.09. The van der Waals surface area contributed by atoms with Gasteiger partial charge in [0.2, 0.25) is 11.8 Å². The van der Waals surface area contributed by atoms with Crippen molar-refractivity contribution in [2.45, 2.75) is 104 Å². The van der Waals surface area contributed by atoms with Gasteiger partial charge in [0.05, 0.1) is 17.6 Å². The number of hydrogen-bond acceptors (Lipinski definition) is 6. The van der Waals surface area contributed by atoms with E-state index in [0.29, 0.717) is 24.2 Å². The van der Waals surface area contributed by atoms with E-state index in [1.165, 1.54) is 6.92 Å². The van der Waals surface area contributed by atoms with E-state index in [-0.39, 0.29) is 54.3 Å². The number of hydrogen-bond donors (Lipinski definition) is 2. The van der Waals surface area contributed by atoms with Crippen LogP contribution in [0.1, 0.15) is 79.2 Å². The maximum absolute atomic E-state index is 13.4. The zero-order valence-electron chi connectivity index (χ0n) is 23.6. The molecule has 0 unspecified atom stereocenters. The van der Waals surface area contributed by atoms with Crippen LogP contribution in [0.25, 0.3) is 0 Å². The highest BCUT2D eigenvalue weighted by molar-refractivity contribution is 6.48. The standard InChI is InChI=1S/C29H43BN2O6/c1-18(2)14-25(30-37-24-16-21-15-23(28(21,4)5)29(24,6)38-30)32-27(35)22(31-19(3)33)12-13-26(34)36-17-20-10-8-7-9-11-20/h7-11,18,21-25H,12-17H2,1-6H3,(H,31,33)(H,32,35)/t21-,22-,23-,24+,25-,29-/m0/s1. The van der Waals surface area contributed by atoms with Gasteiger partial charge in [0, 0.05) is 13.3 Å². The van der Waals surface area contributed by atoms with Gasteiger partial charge in [-0.1, -0.05) is 58.0 Å². The fourth-order valence-corrected chi connectivity index (χ4v) is 6.69. The van der Waals surface area contributed by atoms with Gasteiger partial charge in [0.1, 0.15) is 12.6 Å². The summed E-state index contributed by atoms with van der Waals surface area (Å²) in [4.78, 5) is 37.7. The molecule has 9 heteroatoms. The molecule has 8 nitrogen and oxygen atoms in total. The van der Waals surface area contributed by atoms with Crippen molar-refractivity contribution in [3.8, 4) is 0 Å². The van der Waals surface area contributed by atoms with Gasteiger partial charge in [-0.25, -0.2) is 0 Å². The van der Waals surface area contributed by atoms with Crippen molar-refractivity contribution in [2.24, 2.45) is 23.2 Å². The van der Waals surface area contributed by atoms with Gasteiger partial charge in [-0.2, -0.15) is 0 Å². The number of amides is 2. The summed E-state index contributed by atoms with van der Waals surface area (Å²) < 4.78 is 18.4. The maximum atomic E-state index is 13.4. The van der Waals surface area contributed by atoms with Crippen molar-refractivity contribution in [1.29, 1.82) is 0 Å². The van der Waals surface area contributed by atoms with Gasteiger partial charge in [-0.3, -0.25) is 14.4 Å². The SMILES string of the molecule is CC(=O)N[C@@H](CCC(=O)OCc1ccccc1)C(=O)N[C@@H](CC(C)C)B1O[C@@H]2C[C@@H]3C[C@@H](C3(C)C)[C@]2(C)O1. The van der Waals surface area contributed by atoms with E-state index < -0.39 is 19.1 Å². The van der Waals surface area contributed by atoms with E-state index in [0.717, 1.165) is 18.4 Å². The summed E-state index contributed by atoms with van der Waals surface area (Å²) in [6, 6.07) is 8.55. The molecule has 0 radical (unpaired) electrons. The molecule has 6 atom stereocenters. The molecule has 3 saturated carbocycles. The summed E-state index contributed by atoms with van der Waals surface area (Å²) in [7, 11) is -0.555. The molecule has 0 aromatic heterocycles. The minimum absolute atomic E-state index is 0.00870. The summed E-state index contributed by atoms with van der Waals surface area (Å²) in [6.45, 7) is 12.5. The van der Waals surface area contributed by atoms with Gasteiger partial charge in [-0.15, -0.1) is 0 Å². The Kier molecular flexibility index (Phi) is 8.57. The molecule has 4 fully saturated rings. The average Bonchev–Trinajstić information content (AvgIpc) is 3.22. The van der Waals surface area contributed by atoms with Crippen molar-refractivity contribution in [1.82, 2.24) is 10.6 Å². The molecule has 2 bridgehead atoms. The summed E-state index contributed by atoms with van der Waals surface area (Å²) >= 11 is 0. The van der Waals surface area contributed by atoms with E-state index >= 15 is 0 Å². The number of benzene rings is 1. The summed E-state index contributed by atoms with van der Waals surface area (Å²) in [5.41, 5.74) is 0.745. The Morgan fingerprint density at radius 2 is 1.82 bits per heavy atom. The summed E-state index contributed by atoms with van der Waals surface area (Å²) in [5, 5.41) is 5.80. The Morgan fingerprint density at radius 3 is 2.45 bits per heavy atom. The van der Waals surface area contributed by atoms with E-state index in [1.54, 1.807) is 0 Å². The van der Waals surface area contributed by atoms with Crippen LogP contribution in [0.5, 0.6) is 0 Å². The first-order chi connectivity index (χ1) is 17.9. The highest BCUT2D eigenvalue weighted by atomic mass is 16.7.